The molecular weight excluding hydrogens is 222 g/mol. The Balaban J connectivity index is 2.44. The molecule has 1 aliphatic rings. The summed E-state index contributed by atoms with van der Waals surface area (Å²) < 4.78 is 0. The van der Waals surface area contributed by atoms with Crippen molar-refractivity contribution in [2.24, 2.45) is 11.7 Å². The molecule has 0 aromatic carbocycles. The van der Waals surface area contributed by atoms with Crippen LogP contribution in [-0.4, -0.2) is 35.2 Å². The monoisotopic (exact) mass is 243 g/mol. The summed E-state index contributed by atoms with van der Waals surface area (Å²) in [6.07, 6.45) is 1.39. The molecule has 1 aliphatic carbocycles. The van der Waals surface area contributed by atoms with Crippen molar-refractivity contribution in [2.75, 3.05) is 0 Å². The summed E-state index contributed by atoms with van der Waals surface area (Å²) in [6, 6.07) is -1.27. The minimum atomic E-state index is -0.695. The fourth-order valence-electron chi connectivity index (χ4n) is 1.88. The highest BCUT2D eigenvalue weighted by Gasteiger charge is 2.31. The van der Waals surface area contributed by atoms with Crippen LogP contribution in [0.15, 0.2) is 0 Å². The van der Waals surface area contributed by atoms with Gasteiger partial charge in [-0.05, 0) is 25.2 Å². The van der Waals surface area contributed by atoms with Crippen LogP contribution in [0, 0.1) is 5.92 Å². The van der Waals surface area contributed by atoms with Gasteiger partial charge in [-0.2, -0.15) is 0 Å². The van der Waals surface area contributed by atoms with Crippen molar-refractivity contribution in [3.63, 3.8) is 0 Å². The van der Waals surface area contributed by atoms with Gasteiger partial charge in [0.1, 0.15) is 6.04 Å². The van der Waals surface area contributed by atoms with E-state index >= 15 is 0 Å². The molecule has 0 aliphatic heterocycles. The van der Waals surface area contributed by atoms with Crippen molar-refractivity contribution in [1.29, 1.82) is 0 Å². The first kappa shape index (κ1) is 13.8. The van der Waals surface area contributed by atoms with E-state index in [2.05, 4.69) is 10.6 Å². The van der Waals surface area contributed by atoms with Crippen LogP contribution in [-0.2, 0) is 4.79 Å². The molecule has 1 fully saturated rings. The van der Waals surface area contributed by atoms with E-state index in [-0.39, 0.29) is 24.0 Å². The maximum absolute atomic E-state index is 11.9. The normalized spacial score (nSPS) is 24.9. The van der Waals surface area contributed by atoms with Gasteiger partial charge in [0.25, 0.3) is 0 Å². The molecule has 0 aromatic heterocycles. The molecule has 1 rings (SSSR count). The summed E-state index contributed by atoms with van der Waals surface area (Å²) in [5.74, 6) is 0.0546. The molecule has 0 bridgehead atoms. The molecule has 0 spiro atoms. The molecule has 0 saturated heterocycles. The van der Waals surface area contributed by atoms with E-state index in [4.69, 9.17) is 10.8 Å². The SMILES string of the molecule is CC(C)CC(NC(N)=O)C(=O)NC1CC(O)C1. The van der Waals surface area contributed by atoms with Crippen LogP contribution in [0.2, 0.25) is 0 Å². The maximum atomic E-state index is 11.9. The Labute approximate surface area is 101 Å². The van der Waals surface area contributed by atoms with E-state index in [1.54, 1.807) is 0 Å². The third-order valence-corrected chi connectivity index (χ3v) is 2.80. The lowest BCUT2D eigenvalue weighted by Gasteiger charge is -2.33. The maximum Gasteiger partial charge on any atom is 0.312 e. The average molecular weight is 243 g/mol. The number of carbonyl (C=O) groups excluding carboxylic acids is 2. The molecule has 0 heterocycles. The predicted molar refractivity (Wildman–Crippen MR) is 63.1 cm³/mol. The van der Waals surface area contributed by atoms with Gasteiger partial charge in [-0.1, -0.05) is 13.8 Å². The van der Waals surface area contributed by atoms with E-state index in [0.29, 0.717) is 19.3 Å². The summed E-state index contributed by atoms with van der Waals surface area (Å²) in [5, 5.41) is 14.3. The van der Waals surface area contributed by atoms with Crippen molar-refractivity contribution >= 4 is 11.9 Å². The van der Waals surface area contributed by atoms with Crippen molar-refractivity contribution in [3.05, 3.63) is 0 Å². The quantitative estimate of drug-likeness (QED) is 0.533. The van der Waals surface area contributed by atoms with Gasteiger partial charge in [0.15, 0.2) is 0 Å². The summed E-state index contributed by atoms with van der Waals surface area (Å²) in [4.78, 5) is 22.7. The number of nitrogens with one attached hydrogen (secondary N) is 2. The Kier molecular flexibility index (Phi) is 4.74. The van der Waals surface area contributed by atoms with E-state index in [1.165, 1.54) is 0 Å². The van der Waals surface area contributed by atoms with Crippen molar-refractivity contribution in [1.82, 2.24) is 10.6 Å². The molecular formula is C11H21N3O3. The highest BCUT2D eigenvalue weighted by molar-refractivity contribution is 5.86. The van der Waals surface area contributed by atoms with Crippen LogP contribution >= 0.6 is 0 Å². The number of aliphatic hydroxyl groups excluding tert-OH is 1. The predicted octanol–water partition coefficient (Wildman–Crippen LogP) is -0.291. The van der Waals surface area contributed by atoms with Gasteiger partial charge in [-0.15, -0.1) is 0 Å². The number of hydrogen-bond donors (Lipinski definition) is 4. The van der Waals surface area contributed by atoms with Gasteiger partial charge in [0.2, 0.25) is 5.91 Å². The summed E-state index contributed by atoms with van der Waals surface area (Å²) >= 11 is 0. The van der Waals surface area contributed by atoms with Crippen LogP contribution in [0.4, 0.5) is 4.79 Å². The standard InChI is InChI=1S/C11H21N3O3/c1-6(2)3-9(14-11(12)17)10(16)13-7-4-8(15)5-7/h6-9,15H,3-5H2,1-2H3,(H,13,16)(H3,12,14,17). The third kappa shape index (κ3) is 4.60. The molecule has 1 saturated carbocycles. The summed E-state index contributed by atoms with van der Waals surface area (Å²) in [6.45, 7) is 3.94. The minimum Gasteiger partial charge on any atom is -0.393 e. The molecule has 6 heteroatoms. The number of hydrogen-bond acceptors (Lipinski definition) is 3. The zero-order chi connectivity index (χ0) is 13.0. The van der Waals surface area contributed by atoms with E-state index < -0.39 is 12.1 Å². The Bertz CT molecular complexity index is 288. The molecule has 17 heavy (non-hydrogen) atoms. The van der Waals surface area contributed by atoms with E-state index in [9.17, 15) is 9.59 Å². The second-order valence-electron chi connectivity index (χ2n) is 5.02. The van der Waals surface area contributed by atoms with Crippen molar-refractivity contribution in [3.8, 4) is 0 Å². The van der Waals surface area contributed by atoms with Crippen LogP contribution in [0.3, 0.4) is 0 Å². The second kappa shape index (κ2) is 5.86. The number of carbonyl (C=O) groups is 2. The topological polar surface area (TPSA) is 104 Å². The Morgan fingerprint density at radius 2 is 2.00 bits per heavy atom. The first-order chi connectivity index (χ1) is 7.88. The molecule has 0 radical (unpaired) electrons. The lowest BCUT2D eigenvalue weighted by molar-refractivity contribution is -0.125. The summed E-state index contributed by atoms with van der Waals surface area (Å²) in [5.41, 5.74) is 5.04. The Morgan fingerprint density at radius 3 is 2.41 bits per heavy atom. The molecule has 0 aromatic rings. The van der Waals surface area contributed by atoms with Gasteiger partial charge in [0, 0.05) is 6.04 Å². The van der Waals surface area contributed by atoms with Crippen LogP contribution in [0.1, 0.15) is 33.1 Å². The number of amides is 3. The highest BCUT2D eigenvalue weighted by Crippen LogP contribution is 2.19. The van der Waals surface area contributed by atoms with Gasteiger partial charge >= 0.3 is 6.03 Å². The highest BCUT2D eigenvalue weighted by atomic mass is 16.3. The largest absolute Gasteiger partial charge is 0.393 e. The first-order valence-corrected chi connectivity index (χ1v) is 5.93. The minimum absolute atomic E-state index is 0.0156. The number of rotatable bonds is 5. The van der Waals surface area contributed by atoms with E-state index in [1.807, 2.05) is 13.8 Å². The number of aliphatic hydroxyl groups is 1. The first-order valence-electron chi connectivity index (χ1n) is 5.93. The Morgan fingerprint density at radius 1 is 1.41 bits per heavy atom. The molecule has 98 valence electrons. The van der Waals surface area contributed by atoms with Gasteiger partial charge in [-0.3, -0.25) is 4.79 Å². The number of nitrogens with two attached hydrogens (primary N) is 1. The van der Waals surface area contributed by atoms with Gasteiger partial charge in [0.05, 0.1) is 6.10 Å². The van der Waals surface area contributed by atoms with Crippen molar-refractivity contribution < 1.29 is 14.7 Å². The molecule has 6 nitrogen and oxygen atoms in total. The molecule has 1 atom stereocenters. The fraction of sp³-hybridized carbons (Fsp3) is 0.818. The van der Waals surface area contributed by atoms with Crippen LogP contribution in [0.5, 0.6) is 0 Å². The molecule has 1 unspecified atom stereocenters. The zero-order valence-electron chi connectivity index (χ0n) is 10.3. The Hall–Kier alpha value is -1.30. The smallest absolute Gasteiger partial charge is 0.312 e. The third-order valence-electron chi connectivity index (χ3n) is 2.80. The average Bonchev–Trinajstić information content (AvgIpc) is 2.12. The number of urea groups is 1. The lowest BCUT2D eigenvalue weighted by Crippen LogP contribution is -2.55. The zero-order valence-corrected chi connectivity index (χ0v) is 10.3. The van der Waals surface area contributed by atoms with Crippen LogP contribution < -0.4 is 16.4 Å². The fourth-order valence-corrected chi connectivity index (χ4v) is 1.88. The number of primary amides is 1. The van der Waals surface area contributed by atoms with Crippen molar-refractivity contribution in [2.45, 2.75) is 51.3 Å². The second-order valence-corrected chi connectivity index (χ2v) is 5.02. The lowest BCUT2D eigenvalue weighted by atomic mass is 9.89. The summed E-state index contributed by atoms with van der Waals surface area (Å²) in [7, 11) is 0. The van der Waals surface area contributed by atoms with E-state index in [0.717, 1.165) is 0 Å². The molecule has 3 amide bonds. The van der Waals surface area contributed by atoms with Gasteiger partial charge < -0.3 is 21.5 Å². The molecule has 5 N–H and O–H groups in total. The van der Waals surface area contributed by atoms with Gasteiger partial charge in [-0.25, -0.2) is 4.79 Å². The van der Waals surface area contributed by atoms with Crippen LogP contribution in [0.25, 0.3) is 0 Å².